The smallest absolute Gasteiger partial charge is 0.416 e. The first-order valence-corrected chi connectivity index (χ1v) is 14.3. The fourth-order valence-electron chi connectivity index (χ4n) is 6.01. The average Bonchev–Trinajstić information content (AvgIpc) is 3.41. The molecule has 43 heavy (non-hydrogen) atoms. The lowest BCUT2D eigenvalue weighted by molar-refractivity contribution is -0.137. The van der Waals surface area contributed by atoms with E-state index in [2.05, 4.69) is 20.5 Å². The number of nitrogens with zero attached hydrogens (tertiary/aromatic N) is 4. The molecule has 4 heterocycles. The number of carbonyl (C=O) groups excluding carboxylic acids is 1. The minimum absolute atomic E-state index is 0.0449. The van der Waals surface area contributed by atoms with Gasteiger partial charge in [0.15, 0.2) is 5.72 Å². The maximum absolute atomic E-state index is 13.3. The first-order chi connectivity index (χ1) is 20.6. The molecule has 0 bridgehead atoms. The number of nitrogens with one attached hydrogen (secondary N) is 2. The van der Waals surface area contributed by atoms with Crippen molar-refractivity contribution in [1.82, 2.24) is 20.5 Å². The van der Waals surface area contributed by atoms with Crippen molar-refractivity contribution in [2.24, 2.45) is 0 Å². The molecule has 2 saturated heterocycles. The number of benzene rings is 1. The summed E-state index contributed by atoms with van der Waals surface area (Å²) < 4.78 is 51.7. The van der Waals surface area contributed by atoms with Gasteiger partial charge in [-0.2, -0.15) is 18.4 Å². The Balaban J connectivity index is 1.40. The van der Waals surface area contributed by atoms with Crippen molar-refractivity contribution >= 4 is 11.8 Å². The molecular formula is C31H35F3N6O3. The van der Waals surface area contributed by atoms with Crippen LogP contribution in [0.3, 0.4) is 0 Å². The van der Waals surface area contributed by atoms with Gasteiger partial charge in [-0.25, -0.2) is 4.79 Å². The molecule has 2 fully saturated rings. The Hall–Kier alpha value is -4.08. The van der Waals surface area contributed by atoms with Gasteiger partial charge in [0.25, 0.3) is 0 Å². The number of carbonyl (C=O) groups is 1. The Morgan fingerprint density at radius 1 is 1.26 bits per heavy atom. The van der Waals surface area contributed by atoms with E-state index in [1.807, 2.05) is 55.4 Å². The summed E-state index contributed by atoms with van der Waals surface area (Å²) in [6, 6.07) is 8.88. The minimum atomic E-state index is -4.54. The van der Waals surface area contributed by atoms with Gasteiger partial charge in [0.2, 0.25) is 0 Å². The van der Waals surface area contributed by atoms with E-state index in [1.165, 1.54) is 6.07 Å². The summed E-state index contributed by atoms with van der Waals surface area (Å²) in [5, 5.41) is 16.2. The Kier molecular flexibility index (Phi) is 8.66. The molecule has 2 atom stereocenters. The number of likely N-dealkylation sites (tertiary alicyclic amines) is 1. The molecule has 1 aromatic carbocycles. The van der Waals surface area contributed by atoms with Gasteiger partial charge >= 0.3 is 12.3 Å². The highest BCUT2D eigenvalue weighted by atomic mass is 19.4. The molecule has 228 valence electrons. The zero-order valence-corrected chi connectivity index (χ0v) is 24.2. The van der Waals surface area contributed by atoms with Crippen LogP contribution in [0.2, 0.25) is 0 Å². The summed E-state index contributed by atoms with van der Waals surface area (Å²) in [5.74, 6) is 0. The van der Waals surface area contributed by atoms with Gasteiger partial charge in [-0.3, -0.25) is 4.98 Å². The number of anilines is 1. The Bertz CT molecular complexity index is 1420. The first-order valence-electron chi connectivity index (χ1n) is 14.3. The predicted octanol–water partition coefficient (Wildman–Crippen LogP) is 4.67. The van der Waals surface area contributed by atoms with Crippen LogP contribution in [0.25, 0.3) is 0 Å². The summed E-state index contributed by atoms with van der Waals surface area (Å²) in [5.41, 5.74) is -0.638. The molecule has 0 saturated carbocycles. The van der Waals surface area contributed by atoms with Gasteiger partial charge in [-0.1, -0.05) is 12.1 Å². The maximum atomic E-state index is 13.3. The summed E-state index contributed by atoms with van der Waals surface area (Å²) in [7, 11) is 1.98. The van der Waals surface area contributed by atoms with Crippen LogP contribution in [-0.4, -0.2) is 67.5 Å². The van der Waals surface area contributed by atoms with E-state index in [9.17, 15) is 23.2 Å². The molecule has 2 N–H and O–H groups in total. The number of nitriles is 1. The van der Waals surface area contributed by atoms with Crippen LogP contribution < -0.4 is 15.5 Å². The first kappa shape index (κ1) is 30.4. The normalized spacial score (nSPS) is 23.7. The number of ether oxygens (including phenoxy) is 2. The monoisotopic (exact) mass is 596 g/mol. The highest BCUT2D eigenvalue weighted by Gasteiger charge is 2.43. The summed E-state index contributed by atoms with van der Waals surface area (Å²) in [6.07, 6.45) is 5.40. The van der Waals surface area contributed by atoms with Crippen molar-refractivity contribution in [2.45, 2.75) is 49.7 Å². The molecule has 3 aliphatic rings. The number of pyridine rings is 1. The second-order valence-corrected chi connectivity index (χ2v) is 11.1. The van der Waals surface area contributed by atoms with Crippen molar-refractivity contribution in [1.29, 1.82) is 5.26 Å². The predicted molar refractivity (Wildman–Crippen MR) is 154 cm³/mol. The number of dihydropyridines is 1. The molecule has 0 radical (unpaired) electrons. The molecule has 12 heteroatoms. The maximum Gasteiger partial charge on any atom is 0.416 e. The SMILES string of the molecule is CCOC1(c2cccnc2)C=CC(C2(NC(=O)O[C@@H]3CCN(C)C3)CCN(c3ccc(C(F)(F)F)cc3C#N)CC2)=CN1. The molecule has 1 aromatic heterocycles. The third-order valence-corrected chi connectivity index (χ3v) is 8.32. The van der Waals surface area contributed by atoms with E-state index in [-0.39, 0.29) is 11.7 Å². The quantitative estimate of drug-likeness (QED) is 0.476. The van der Waals surface area contributed by atoms with Gasteiger partial charge in [-0.15, -0.1) is 0 Å². The van der Waals surface area contributed by atoms with Crippen LogP contribution in [0.15, 0.2) is 66.7 Å². The fourth-order valence-corrected chi connectivity index (χ4v) is 6.01. The van der Waals surface area contributed by atoms with E-state index in [4.69, 9.17) is 9.47 Å². The molecule has 9 nitrogen and oxygen atoms in total. The molecule has 3 aliphatic heterocycles. The number of halogens is 3. The number of aromatic nitrogens is 1. The number of amides is 1. The largest absolute Gasteiger partial charge is 0.445 e. The number of hydrogen-bond donors (Lipinski definition) is 2. The average molecular weight is 597 g/mol. The number of alkyl halides is 3. The standard InChI is InChI=1S/C31H35F3N6O3/c1-3-42-30(25-5-4-13-36-19-25)10-8-24(20-37-30)29(38-28(41)43-26-9-14-39(2)21-26)11-15-40(16-12-29)27-7-6-23(31(32,33)34)17-22(27)18-35/h4-8,10,13,17,19-20,26,37H,3,9,11-12,14-16,21H2,1-2H3,(H,38,41)/t26-,30?/m1/s1. The third kappa shape index (κ3) is 6.48. The van der Waals surface area contributed by atoms with Crippen LogP contribution in [0.1, 0.15) is 42.9 Å². The van der Waals surface area contributed by atoms with Crippen molar-refractivity contribution < 1.29 is 27.4 Å². The van der Waals surface area contributed by atoms with Crippen molar-refractivity contribution in [3.63, 3.8) is 0 Å². The molecule has 5 rings (SSSR count). The lowest BCUT2D eigenvalue weighted by atomic mass is 9.79. The van der Waals surface area contributed by atoms with Gasteiger partial charge in [-0.05, 0) is 69.1 Å². The van der Waals surface area contributed by atoms with Gasteiger partial charge in [0.05, 0.1) is 22.4 Å². The summed E-state index contributed by atoms with van der Waals surface area (Å²) >= 11 is 0. The zero-order valence-electron chi connectivity index (χ0n) is 24.2. The van der Waals surface area contributed by atoms with E-state index >= 15 is 0 Å². The number of alkyl carbamates (subject to hydrolysis) is 1. The number of rotatable bonds is 7. The van der Waals surface area contributed by atoms with Gasteiger partial charge in [0, 0.05) is 56.9 Å². The lowest BCUT2D eigenvalue weighted by Crippen LogP contribution is -2.58. The van der Waals surface area contributed by atoms with E-state index in [0.29, 0.717) is 44.8 Å². The molecule has 0 aliphatic carbocycles. The van der Waals surface area contributed by atoms with Gasteiger partial charge in [0.1, 0.15) is 12.2 Å². The van der Waals surface area contributed by atoms with E-state index in [1.54, 1.807) is 12.4 Å². The third-order valence-electron chi connectivity index (χ3n) is 8.32. The fraction of sp³-hybridized carbons (Fsp3) is 0.452. The Morgan fingerprint density at radius 2 is 2.05 bits per heavy atom. The number of likely N-dealkylation sites (N-methyl/N-ethyl adjacent to an activating group) is 1. The topological polar surface area (TPSA) is 103 Å². The van der Waals surface area contributed by atoms with E-state index < -0.39 is 29.1 Å². The lowest BCUT2D eigenvalue weighted by Gasteiger charge is -2.45. The van der Waals surface area contributed by atoms with E-state index in [0.717, 1.165) is 36.2 Å². The highest BCUT2D eigenvalue weighted by Crippen LogP contribution is 2.39. The number of piperidine rings is 1. The van der Waals surface area contributed by atoms with Crippen LogP contribution in [0.5, 0.6) is 0 Å². The molecule has 1 unspecified atom stereocenters. The minimum Gasteiger partial charge on any atom is -0.445 e. The van der Waals surface area contributed by atoms with Gasteiger partial charge < -0.3 is 29.9 Å². The molecular weight excluding hydrogens is 561 g/mol. The van der Waals surface area contributed by atoms with Crippen LogP contribution in [0, 0.1) is 11.3 Å². The summed E-state index contributed by atoms with van der Waals surface area (Å²) in [4.78, 5) is 21.5. The van der Waals surface area contributed by atoms with Crippen LogP contribution in [-0.2, 0) is 21.4 Å². The Morgan fingerprint density at radius 3 is 2.63 bits per heavy atom. The second kappa shape index (κ2) is 12.3. The molecule has 1 amide bonds. The molecule has 2 aromatic rings. The highest BCUT2D eigenvalue weighted by molar-refractivity contribution is 5.70. The van der Waals surface area contributed by atoms with Crippen molar-refractivity contribution in [2.75, 3.05) is 44.7 Å². The summed E-state index contributed by atoms with van der Waals surface area (Å²) in [6.45, 7) is 4.61. The second-order valence-electron chi connectivity index (χ2n) is 11.1. The van der Waals surface area contributed by atoms with Crippen molar-refractivity contribution in [3.8, 4) is 6.07 Å². The molecule has 0 spiro atoms. The zero-order chi connectivity index (χ0) is 30.7. The number of hydrogen-bond acceptors (Lipinski definition) is 8. The van der Waals surface area contributed by atoms with Crippen LogP contribution in [0.4, 0.5) is 23.7 Å². The van der Waals surface area contributed by atoms with Crippen molar-refractivity contribution in [3.05, 3.63) is 83.3 Å². The van der Waals surface area contributed by atoms with Crippen LogP contribution >= 0.6 is 0 Å². The Labute approximate surface area is 249 Å².